The highest BCUT2D eigenvalue weighted by atomic mass is 32.2. The molecule has 1 aliphatic heterocycles. The van der Waals surface area contributed by atoms with Crippen LogP contribution >= 0.6 is 11.8 Å². The van der Waals surface area contributed by atoms with E-state index in [0.29, 0.717) is 19.1 Å². The molecule has 0 radical (unpaired) electrons. The largest absolute Gasteiger partial charge is 0.314 e. The van der Waals surface area contributed by atoms with Crippen LogP contribution in [0.2, 0.25) is 0 Å². The van der Waals surface area contributed by atoms with Gasteiger partial charge in [-0.1, -0.05) is 13.8 Å². The Morgan fingerprint density at radius 1 is 1.40 bits per heavy atom. The van der Waals surface area contributed by atoms with Crippen molar-refractivity contribution in [2.75, 3.05) is 32.4 Å². The van der Waals surface area contributed by atoms with Gasteiger partial charge in [-0.25, -0.2) is 4.72 Å². The molecule has 120 valence electrons. The van der Waals surface area contributed by atoms with Crippen LogP contribution in [-0.2, 0) is 10.2 Å². The maximum Gasteiger partial charge on any atom is 0.279 e. The summed E-state index contributed by atoms with van der Waals surface area (Å²) in [5, 5.41) is 3.29. The number of hydrogen-bond donors (Lipinski definition) is 2. The van der Waals surface area contributed by atoms with Crippen molar-refractivity contribution in [3.8, 4) is 0 Å². The lowest BCUT2D eigenvalue weighted by molar-refractivity contribution is 0.435. The lowest BCUT2D eigenvalue weighted by Crippen LogP contribution is -2.44. The Bertz CT molecular complexity index is 379. The average Bonchev–Trinajstić information content (AvgIpc) is 2.79. The van der Waals surface area contributed by atoms with Gasteiger partial charge >= 0.3 is 0 Å². The van der Waals surface area contributed by atoms with Gasteiger partial charge in [0.25, 0.3) is 10.2 Å². The molecular weight excluding hydrogens is 294 g/mol. The monoisotopic (exact) mass is 323 g/mol. The second-order valence-electron chi connectivity index (χ2n) is 6.01. The van der Waals surface area contributed by atoms with Gasteiger partial charge in [-0.05, 0) is 38.5 Å². The molecule has 20 heavy (non-hydrogen) atoms. The summed E-state index contributed by atoms with van der Waals surface area (Å²) in [6, 6.07) is 0.439. The SMILES string of the molecule is CC(C)NCCCN(C)S(=O)(=O)NCC1(C)CCCS1. The summed E-state index contributed by atoms with van der Waals surface area (Å²) >= 11 is 1.87. The highest BCUT2D eigenvalue weighted by Gasteiger charge is 2.31. The average molecular weight is 324 g/mol. The van der Waals surface area contributed by atoms with Crippen molar-refractivity contribution >= 4 is 22.0 Å². The van der Waals surface area contributed by atoms with Gasteiger partial charge in [0.15, 0.2) is 0 Å². The first-order chi connectivity index (χ1) is 9.25. The summed E-state index contributed by atoms with van der Waals surface area (Å²) in [6.45, 7) is 8.21. The molecule has 0 spiro atoms. The maximum absolute atomic E-state index is 12.1. The Labute approximate surface area is 128 Å². The molecule has 0 aliphatic carbocycles. The Balaban J connectivity index is 2.31. The third-order valence-corrected chi connectivity index (χ3v) is 6.59. The van der Waals surface area contributed by atoms with Crippen LogP contribution in [0.3, 0.4) is 0 Å². The van der Waals surface area contributed by atoms with Crippen molar-refractivity contribution in [3.63, 3.8) is 0 Å². The van der Waals surface area contributed by atoms with Gasteiger partial charge in [-0.3, -0.25) is 0 Å². The van der Waals surface area contributed by atoms with E-state index in [1.807, 2.05) is 11.8 Å². The Morgan fingerprint density at radius 2 is 2.10 bits per heavy atom. The van der Waals surface area contributed by atoms with E-state index in [1.54, 1.807) is 7.05 Å². The third kappa shape index (κ3) is 6.30. The Hall–Kier alpha value is 0.180. The third-order valence-electron chi connectivity index (χ3n) is 3.54. The fourth-order valence-corrected chi connectivity index (χ4v) is 4.57. The first kappa shape index (κ1) is 18.2. The van der Waals surface area contributed by atoms with Gasteiger partial charge in [0, 0.05) is 30.9 Å². The van der Waals surface area contributed by atoms with Gasteiger partial charge in [0.2, 0.25) is 0 Å². The van der Waals surface area contributed by atoms with Gasteiger partial charge in [0.1, 0.15) is 0 Å². The van der Waals surface area contributed by atoms with Crippen molar-refractivity contribution < 1.29 is 8.42 Å². The molecule has 1 rings (SSSR count). The minimum absolute atomic E-state index is 0.0626. The van der Waals surface area contributed by atoms with Crippen LogP contribution in [0.5, 0.6) is 0 Å². The van der Waals surface area contributed by atoms with Crippen molar-refractivity contribution in [2.24, 2.45) is 0 Å². The van der Waals surface area contributed by atoms with E-state index in [-0.39, 0.29) is 4.75 Å². The number of nitrogens with one attached hydrogen (secondary N) is 2. The lowest BCUT2D eigenvalue weighted by Gasteiger charge is -2.25. The molecule has 1 aliphatic rings. The summed E-state index contributed by atoms with van der Waals surface area (Å²) in [7, 11) is -1.70. The van der Waals surface area contributed by atoms with Gasteiger partial charge in [-0.2, -0.15) is 24.5 Å². The van der Waals surface area contributed by atoms with Crippen LogP contribution in [0.25, 0.3) is 0 Å². The quantitative estimate of drug-likeness (QED) is 0.630. The van der Waals surface area contributed by atoms with E-state index < -0.39 is 10.2 Å². The summed E-state index contributed by atoms with van der Waals surface area (Å²) in [5.74, 6) is 1.13. The van der Waals surface area contributed by atoms with Crippen molar-refractivity contribution in [1.82, 2.24) is 14.3 Å². The highest BCUT2D eigenvalue weighted by Crippen LogP contribution is 2.37. The van der Waals surface area contributed by atoms with Gasteiger partial charge < -0.3 is 5.32 Å². The van der Waals surface area contributed by atoms with Gasteiger partial charge in [-0.15, -0.1) is 0 Å². The molecule has 2 N–H and O–H groups in total. The van der Waals surface area contributed by atoms with Crippen LogP contribution in [-0.4, -0.2) is 55.9 Å². The van der Waals surface area contributed by atoms with Crippen LogP contribution in [0, 0.1) is 0 Å². The van der Waals surface area contributed by atoms with Crippen LogP contribution in [0.1, 0.15) is 40.0 Å². The smallest absolute Gasteiger partial charge is 0.279 e. The standard InChI is InChI=1S/C13H29N3O2S2/c1-12(2)14-8-6-9-16(4)20(17,18)15-11-13(3)7-5-10-19-13/h12,14-15H,5-11H2,1-4H3. The molecule has 0 bridgehead atoms. The molecule has 1 fully saturated rings. The van der Waals surface area contributed by atoms with E-state index in [2.05, 4.69) is 30.8 Å². The maximum atomic E-state index is 12.1. The molecule has 1 unspecified atom stereocenters. The minimum atomic E-state index is -3.34. The number of rotatable bonds is 9. The van der Waals surface area contributed by atoms with Crippen molar-refractivity contribution in [3.05, 3.63) is 0 Å². The number of hydrogen-bond acceptors (Lipinski definition) is 4. The normalized spacial score (nSPS) is 23.9. The fraction of sp³-hybridized carbons (Fsp3) is 1.00. The van der Waals surface area contributed by atoms with Crippen LogP contribution in [0.4, 0.5) is 0 Å². The predicted molar refractivity (Wildman–Crippen MR) is 87.4 cm³/mol. The molecule has 0 aromatic carbocycles. The van der Waals surface area contributed by atoms with E-state index in [0.717, 1.165) is 25.1 Å². The summed E-state index contributed by atoms with van der Waals surface area (Å²) in [5.41, 5.74) is 0. The van der Waals surface area contributed by atoms with E-state index in [4.69, 9.17) is 0 Å². The summed E-state index contributed by atoms with van der Waals surface area (Å²) in [4.78, 5) is 0. The highest BCUT2D eigenvalue weighted by molar-refractivity contribution is 8.00. The second-order valence-corrected chi connectivity index (χ2v) is 9.56. The van der Waals surface area contributed by atoms with Crippen molar-refractivity contribution in [1.29, 1.82) is 0 Å². The zero-order valence-electron chi connectivity index (χ0n) is 13.1. The number of nitrogens with zero attached hydrogens (tertiary/aromatic N) is 1. The first-order valence-corrected chi connectivity index (χ1v) is 9.76. The molecule has 5 nitrogen and oxygen atoms in total. The molecule has 1 heterocycles. The zero-order chi connectivity index (χ0) is 15.2. The molecule has 0 amide bonds. The first-order valence-electron chi connectivity index (χ1n) is 7.33. The zero-order valence-corrected chi connectivity index (χ0v) is 14.7. The fourth-order valence-electron chi connectivity index (χ4n) is 2.14. The molecule has 0 saturated carbocycles. The van der Waals surface area contributed by atoms with E-state index >= 15 is 0 Å². The minimum Gasteiger partial charge on any atom is -0.314 e. The van der Waals surface area contributed by atoms with Crippen LogP contribution in [0.15, 0.2) is 0 Å². The van der Waals surface area contributed by atoms with Crippen LogP contribution < -0.4 is 10.0 Å². The summed E-state index contributed by atoms with van der Waals surface area (Å²) < 4.78 is 28.5. The molecule has 0 aromatic rings. The Kier molecular flexibility index (Phi) is 7.28. The lowest BCUT2D eigenvalue weighted by atomic mass is 10.1. The van der Waals surface area contributed by atoms with E-state index in [9.17, 15) is 8.42 Å². The molecule has 1 saturated heterocycles. The van der Waals surface area contributed by atoms with Gasteiger partial charge in [0.05, 0.1) is 0 Å². The van der Waals surface area contributed by atoms with E-state index in [1.165, 1.54) is 10.7 Å². The molecule has 7 heteroatoms. The van der Waals surface area contributed by atoms with Crippen molar-refractivity contribution in [2.45, 2.75) is 50.8 Å². The second kappa shape index (κ2) is 7.98. The predicted octanol–water partition coefficient (Wildman–Crippen LogP) is 1.43. The molecule has 0 aromatic heterocycles. The summed E-state index contributed by atoms with van der Waals surface area (Å²) in [6.07, 6.45) is 3.09. The Morgan fingerprint density at radius 3 is 2.65 bits per heavy atom. The molecular formula is C13H29N3O2S2. The number of thioether (sulfide) groups is 1. The topological polar surface area (TPSA) is 61.4 Å². The molecule has 1 atom stereocenters.